The molecule has 0 aromatic heterocycles. The van der Waals surface area contributed by atoms with Gasteiger partial charge in [0.25, 0.3) is 0 Å². The van der Waals surface area contributed by atoms with Crippen molar-refractivity contribution >= 4 is 5.78 Å². The van der Waals surface area contributed by atoms with E-state index in [1.54, 1.807) is 6.92 Å². The van der Waals surface area contributed by atoms with E-state index in [9.17, 15) is 4.79 Å². The van der Waals surface area contributed by atoms with Crippen molar-refractivity contribution in [1.29, 1.82) is 0 Å². The SMILES string of the molecule is CC.CC.CCC.CCC.CCCC(C)=O.CCCCC(C)CC. The molecule has 154 valence electrons. The number of unbranched alkanes of at least 4 members (excludes halogenated alkanes) is 1. The van der Waals surface area contributed by atoms with Crippen molar-refractivity contribution in [2.75, 3.05) is 0 Å². The van der Waals surface area contributed by atoms with Gasteiger partial charge in [0.05, 0.1) is 0 Å². The van der Waals surface area contributed by atoms with Crippen LogP contribution in [-0.4, -0.2) is 5.78 Å². The second kappa shape index (κ2) is 57.0. The van der Waals surface area contributed by atoms with Gasteiger partial charge in [0.2, 0.25) is 0 Å². The van der Waals surface area contributed by atoms with Crippen molar-refractivity contribution < 1.29 is 4.79 Å². The molecule has 0 bridgehead atoms. The minimum absolute atomic E-state index is 0.289. The summed E-state index contributed by atoms with van der Waals surface area (Å²) in [5.41, 5.74) is 0. The zero-order chi connectivity index (χ0) is 20.8. The molecule has 0 aliphatic rings. The molecule has 0 rings (SSSR count). The second-order valence-electron chi connectivity index (χ2n) is 5.52. The molecule has 0 saturated carbocycles. The maximum atomic E-state index is 10.0. The highest BCUT2D eigenvalue weighted by Crippen LogP contribution is 2.09. The van der Waals surface area contributed by atoms with Gasteiger partial charge in [0.15, 0.2) is 0 Å². The van der Waals surface area contributed by atoms with E-state index in [0.717, 1.165) is 18.8 Å². The van der Waals surface area contributed by atoms with Gasteiger partial charge in [-0.15, -0.1) is 0 Å². The fraction of sp³-hybridized carbons (Fsp3) is 0.957. The van der Waals surface area contributed by atoms with E-state index in [1.165, 1.54) is 38.5 Å². The molecule has 0 amide bonds. The molecule has 1 nitrogen and oxygen atoms in total. The number of hydrogen-bond acceptors (Lipinski definition) is 1. The third-order valence-electron chi connectivity index (χ3n) is 2.35. The van der Waals surface area contributed by atoms with Crippen LogP contribution in [0.15, 0.2) is 0 Å². The van der Waals surface area contributed by atoms with Crippen LogP contribution in [0.5, 0.6) is 0 Å². The Bertz CT molecular complexity index is 139. The Morgan fingerprint density at radius 1 is 0.750 bits per heavy atom. The molecule has 1 heteroatoms. The molecule has 0 heterocycles. The number of hydrogen-bond donors (Lipinski definition) is 0. The first kappa shape index (κ1) is 39.0. The molecule has 0 aliphatic carbocycles. The lowest BCUT2D eigenvalue weighted by Crippen LogP contribution is -1.89. The molecular weight excluding hydrogens is 292 g/mol. The first-order chi connectivity index (χ1) is 11.4. The second-order valence-corrected chi connectivity index (χ2v) is 5.52. The van der Waals surface area contributed by atoms with E-state index in [4.69, 9.17) is 0 Å². The molecule has 0 saturated heterocycles. The fourth-order valence-electron chi connectivity index (χ4n) is 1.11. The van der Waals surface area contributed by atoms with Gasteiger partial charge in [0.1, 0.15) is 5.78 Å². The minimum atomic E-state index is 0.289. The van der Waals surface area contributed by atoms with Crippen LogP contribution in [0, 0.1) is 5.92 Å². The lowest BCUT2D eigenvalue weighted by Gasteiger charge is -2.04. The summed E-state index contributed by atoms with van der Waals surface area (Å²) < 4.78 is 0. The lowest BCUT2D eigenvalue weighted by atomic mass is 10.0. The van der Waals surface area contributed by atoms with Crippen molar-refractivity contribution in [2.24, 2.45) is 5.92 Å². The molecule has 0 spiro atoms. The summed E-state index contributed by atoms with van der Waals surface area (Å²) in [6, 6.07) is 0. The summed E-state index contributed by atoms with van der Waals surface area (Å²) in [7, 11) is 0. The van der Waals surface area contributed by atoms with E-state index < -0.39 is 0 Å². The number of carbonyl (C=O) groups excluding carboxylic acids is 1. The van der Waals surface area contributed by atoms with Gasteiger partial charge >= 0.3 is 0 Å². The Hall–Kier alpha value is -0.330. The molecule has 0 radical (unpaired) electrons. The first-order valence-corrected chi connectivity index (χ1v) is 10.9. The fourth-order valence-corrected chi connectivity index (χ4v) is 1.11. The number of carbonyl (C=O) groups is 1. The zero-order valence-corrected chi connectivity index (χ0v) is 20.1. The number of Topliss-reactive ketones (excluding diaryl/α,β-unsaturated/α-hetero) is 1. The Labute approximate surface area is 158 Å². The molecule has 0 N–H and O–H groups in total. The van der Waals surface area contributed by atoms with Crippen LogP contribution in [0.2, 0.25) is 0 Å². The van der Waals surface area contributed by atoms with Gasteiger partial charge < -0.3 is 4.79 Å². The van der Waals surface area contributed by atoms with Crippen LogP contribution < -0.4 is 0 Å². The Morgan fingerprint density at radius 3 is 1.21 bits per heavy atom. The predicted molar refractivity (Wildman–Crippen MR) is 119 cm³/mol. The molecule has 0 aromatic carbocycles. The summed E-state index contributed by atoms with van der Waals surface area (Å²) in [6.07, 6.45) is 9.75. The van der Waals surface area contributed by atoms with Crippen molar-refractivity contribution in [3.8, 4) is 0 Å². The van der Waals surface area contributed by atoms with Crippen LogP contribution >= 0.6 is 0 Å². The standard InChI is InChI=1S/C8H18.C5H10O.2C3H8.2C2H6/c1-4-6-7-8(3)5-2;1-3-4-5(2)6;2*1-3-2;2*1-2/h8H,4-7H2,1-3H3;3-4H2,1-2H3;2*3H2,1-2H3;2*1-2H3. The molecule has 0 fully saturated rings. The van der Waals surface area contributed by atoms with Gasteiger partial charge in [-0.05, 0) is 19.3 Å². The topological polar surface area (TPSA) is 17.1 Å². The van der Waals surface area contributed by atoms with E-state index >= 15 is 0 Å². The minimum Gasteiger partial charge on any atom is -0.300 e. The van der Waals surface area contributed by atoms with Crippen LogP contribution in [0.25, 0.3) is 0 Å². The average Bonchev–Trinajstić information content (AvgIpc) is 2.58. The highest BCUT2D eigenvalue weighted by atomic mass is 16.1. The van der Waals surface area contributed by atoms with Gasteiger partial charge in [-0.25, -0.2) is 0 Å². The lowest BCUT2D eigenvalue weighted by molar-refractivity contribution is -0.117. The largest absolute Gasteiger partial charge is 0.300 e. The summed E-state index contributed by atoms with van der Waals surface area (Å²) in [4.78, 5) is 10.0. The average molecular weight is 349 g/mol. The summed E-state index contributed by atoms with van der Waals surface area (Å²) in [6.45, 7) is 27.0. The molecule has 1 atom stereocenters. The maximum absolute atomic E-state index is 10.0. The Balaban J connectivity index is -0.0000000448. The number of ketones is 1. The van der Waals surface area contributed by atoms with Gasteiger partial charge in [-0.2, -0.15) is 0 Å². The molecule has 24 heavy (non-hydrogen) atoms. The molecule has 1 unspecified atom stereocenters. The Kier molecular flexibility index (Phi) is 92.5. The van der Waals surface area contributed by atoms with Crippen LogP contribution in [0.1, 0.15) is 141 Å². The first-order valence-electron chi connectivity index (χ1n) is 10.9. The molecule has 0 aromatic rings. The van der Waals surface area contributed by atoms with Gasteiger partial charge in [-0.3, -0.25) is 0 Å². The third kappa shape index (κ3) is 123. The van der Waals surface area contributed by atoms with E-state index in [-0.39, 0.29) is 5.78 Å². The van der Waals surface area contributed by atoms with Crippen molar-refractivity contribution in [3.63, 3.8) is 0 Å². The van der Waals surface area contributed by atoms with Crippen LogP contribution in [0.4, 0.5) is 0 Å². The summed E-state index contributed by atoms with van der Waals surface area (Å²) in [5.74, 6) is 1.24. The maximum Gasteiger partial charge on any atom is 0.129 e. The van der Waals surface area contributed by atoms with Gasteiger partial charge in [-0.1, -0.05) is 122 Å². The van der Waals surface area contributed by atoms with E-state index in [0.29, 0.717) is 0 Å². The summed E-state index contributed by atoms with van der Waals surface area (Å²) >= 11 is 0. The number of rotatable bonds is 6. The normalized spacial score (nSPS) is 8.71. The molecular formula is C23H56O. The highest BCUT2D eigenvalue weighted by Gasteiger charge is 1.94. The van der Waals surface area contributed by atoms with Crippen LogP contribution in [0.3, 0.4) is 0 Å². The summed E-state index contributed by atoms with van der Waals surface area (Å²) in [5, 5.41) is 0. The quantitative estimate of drug-likeness (QED) is 0.467. The van der Waals surface area contributed by atoms with Crippen molar-refractivity contribution in [1.82, 2.24) is 0 Å². The zero-order valence-electron chi connectivity index (χ0n) is 20.1. The van der Waals surface area contributed by atoms with Crippen molar-refractivity contribution in [2.45, 2.75) is 141 Å². The smallest absolute Gasteiger partial charge is 0.129 e. The molecule has 0 aliphatic heterocycles. The van der Waals surface area contributed by atoms with E-state index in [2.05, 4.69) is 48.5 Å². The Morgan fingerprint density at radius 2 is 1.08 bits per heavy atom. The third-order valence-corrected chi connectivity index (χ3v) is 2.35. The van der Waals surface area contributed by atoms with E-state index in [1.807, 2.05) is 34.6 Å². The monoisotopic (exact) mass is 348 g/mol. The predicted octanol–water partition coefficient (Wildman–Crippen LogP) is 9.48. The van der Waals surface area contributed by atoms with Gasteiger partial charge in [0, 0.05) is 6.42 Å². The van der Waals surface area contributed by atoms with Crippen molar-refractivity contribution in [3.05, 3.63) is 0 Å². The highest BCUT2D eigenvalue weighted by molar-refractivity contribution is 5.75. The van der Waals surface area contributed by atoms with Crippen LogP contribution in [-0.2, 0) is 4.79 Å².